The SMILES string of the molecule is CCOC(=O)c1cc(CC)sc1NC(=O)COC(=O)Cc1ccc(C)cc1. The van der Waals surface area contributed by atoms with Crippen molar-refractivity contribution in [1.82, 2.24) is 0 Å². The molecule has 1 N–H and O–H groups in total. The smallest absolute Gasteiger partial charge is 0.341 e. The zero-order valence-electron chi connectivity index (χ0n) is 15.7. The molecule has 0 aliphatic carbocycles. The van der Waals surface area contributed by atoms with E-state index in [4.69, 9.17) is 9.47 Å². The predicted octanol–water partition coefficient (Wildman–Crippen LogP) is 3.52. The van der Waals surface area contributed by atoms with Crippen molar-refractivity contribution in [3.05, 3.63) is 51.9 Å². The molecule has 7 heteroatoms. The molecule has 0 atom stereocenters. The van der Waals surface area contributed by atoms with E-state index in [1.165, 1.54) is 11.3 Å². The van der Waals surface area contributed by atoms with E-state index in [-0.39, 0.29) is 13.0 Å². The predicted molar refractivity (Wildman–Crippen MR) is 104 cm³/mol. The maximum absolute atomic E-state index is 12.1. The number of nitrogens with one attached hydrogen (secondary N) is 1. The van der Waals surface area contributed by atoms with Crippen LogP contribution < -0.4 is 5.32 Å². The number of amides is 1. The van der Waals surface area contributed by atoms with Crippen LogP contribution in [0.15, 0.2) is 30.3 Å². The summed E-state index contributed by atoms with van der Waals surface area (Å²) in [6.45, 7) is 5.48. The van der Waals surface area contributed by atoms with E-state index < -0.39 is 24.5 Å². The average molecular weight is 389 g/mol. The van der Waals surface area contributed by atoms with Gasteiger partial charge in [-0.1, -0.05) is 36.8 Å². The second-order valence-electron chi connectivity index (χ2n) is 5.90. The molecule has 0 aliphatic rings. The second kappa shape index (κ2) is 9.87. The van der Waals surface area contributed by atoms with Crippen LogP contribution in [0.25, 0.3) is 0 Å². The van der Waals surface area contributed by atoms with Crippen molar-refractivity contribution in [3.8, 4) is 0 Å². The second-order valence-corrected chi connectivity index (χ2v) is 7.04. The van der Waals surface area contributed by atoms with Gasteiger partial charge in [0.25, 0.3) is 5.91 Å². The summed E-state index contributed by atoms with van der Waals surface area (Å²) in [6, 6.07) is 9.23. The lowest BCUT2D eigenvalue weighted by Crippen LogP contribution is -2.22. The van der Waals surface area contributed by atoms with Gasteiger partial charge in [0, 0.05) is 4.88 Å². The fourth-order valence-corrected chi connectivity index (χ4v) is 3.30. The van der Waals surface area contributed by atoms with E-state index >= 15 is 0 Å². The van der Waals surface area contributed by atoms with Crippen molar-refractivity contribution in [3.63, 3.8) is 0 Å². The lowest BCUT2D eigenvalue weighted by atomic mass is 10.1. The van der Waals surface area contributed by atoms with Crippen molar-refractivity contribution in [2.75, 3.05) is 18.5 Å². The molecule has 0 fully saturated rings. The Kier molecular flexibility index (Phi) is 7.55. The summed E-state index contributed by atoms with van der Waals surface area (Å²) in [6.07, 6.45) is 0.832. The Morgan fingerprint density at radius 3 is 2.41 bits per heavy atom. The standard InChI is InChI=1S/C20H23NO5S/c1-4-15-11-16(20(24)25-5-2)19(27-15)21-17(22)12-26-18(23)10-14-8-6-13(3)7-9-14/h6-9,11H,4-5,10,12H2,1-3H3,(H,21,22). The van der Waals surface area contributed by atoms with E-state index in [0.29, 0.717) is 10.6 Å². The van der Waals surface area contributed by atoms with E-state index in [1.807, 2.05) is 38.1 Å². The molecular weight excluding hydrogens is 366 g/mol. The Bertz CT molecular complexity index is 810. The van der Waals surface area contributed by atoms with Crippen LogP contribution in [0.4, 0.5) is 5.00 Å². The van der Waals surface area contributed by atoms with Crippen LogP contribution in [0, 0.1) is 6.92 Å². The Hall–Kier alpha value is -2.67. The van der Waals surface area contributed by atoms with Gasteiger partial charge >= 0.3 is 11.9 Å². The van der Waals surface area contributed by atoms with Gasteiger partial charge in [-0.3, -0.25) is 9.59 Å². The molecule has 1 aromatic heterocycles. The first-order valence-electron chi connectivity index (χ1n) is 8.73. The first kappa shape index (κ1) is 20.6. The maximum Gasteiger partial charge on any atom is 0.341 e. The van der Waals surface area contributed by atoms with Gasteiger partial charge in [0.15, 0.2) is 6.61 Å². The van der Waals surface area contributed by atoms with Crippen LogP contribution in [0.3, 0.4) is 0 Å². The van der Waals surface area contributed by atoms with Crippen molar-refractivity contribution < 1.29 is 23.9 Å². The Morgan fingerprint density at radius 1 is 1.07 bits per heavy atom. The van der Waals surface area contributed by atoms with Crippen LogP contribution in [-0.4, -0.2) is 31.1 Å². The number of carbonyl (C=O) groups excluding carboxylic acids is 3. The highest BCUT2D eigenvalue weighted by Crippen LogP contribution is 2.29. The molecule has 1 aromatic carbocycles. The molecule has 6 nitrogen and oxygen atoms in total. The minimum absolute atomic E-state index is 0.0978. The number of hydrogen-bond acceptors (Lipinski definition) is 6. The van der Waals surface area contributed by atoms with Gasteiger partial charge in [-0.25, -0.2) is 4.79 Å². The molecule has 27 heavy (non-hydrogen) atoms. The first-order valence-corrected chi connectivity index (χ1v) is 9.55. The minimum atomic E-state index is -0.498. The highest BCUT2D eigenvalue weighted by molar-refractivity contribution is 7.16. The molecule has 144 valence electrons. The molecule has 0 saturated carbocycles. The van der Waals surface area contributed by atoms with Gasteiger partial charge in [-0.05, 0) is 31.9 Å². The lowest BCUT2D eigenvalue weighted by Gasteiger charge is -2.07. The van der Waals surface area contributed by atoms with Crippen molar-refractivity contribution in [2.24, 2.45) is 0 Å². The normalized spacial score (nSPS) is 10.3. The minimum Gasteiger partial charge on any atom is -0.462 e. The average Bonchev–Trinajstić information content (AvgIpc) is 3.05. The molecule has 0 spiro atoms. The number of anilines is 1. The highest BCUT2D eigenvalue weighted by Gasteiger charge is 2.19. The molecule has 0 unspecified atom stereocenters. The molecule has 0 bridgehead atoms. The molecule has 0 saturated heterocycles. The van der Waals surface area contributed by atoms with Gasteiger partial charge in [-0.2, -0.15) is 0 Å². The summed E-state index contributed by atoms with van der Waals surface area (Å²) in [5.41, 5.74) is 2.24. The topological polar surface area (TPSA) is 81.7 Å². The zero-order valence-corrected chi connectivity index (χ0v) is 16.5. The maximum atomic E-state index is 12.1. The molecule has 1 heterocycles. The first-order chi connectivity index (χ1) is 12.9. The van der Waals surface area contributed by atoms with Gasteiger partial charge in [0.1, 0.15) is 5.00 Å². The quantitative estimate of drug-likeness (QED) is 0.699. The van der Waals surface area contributed by atoms with Crippen molar-refractivity contribution >= 4 is 34.2 Å². The molecule has 1 amide bonds. The third kappa shape index (κ3) is 6.21. The number of ether oxygens (including phenoxy) is 2. The number of esters is 2. The van der Waals surface area contributed by atoms with Gasteiger partial charge in [-0.15, -0.1) is 11.3 Å². The Labute approximate surface area is 162 Å². The van der Waals surface area contributed by atoms with E-state index in [2.05, 4.69) is 5.32 Å². The van der Waals surface area contributed by atoms with Crippen molar-refractivity contribution in [2.45, 2.75) is 33.6 Å². The third-order valence-corrected chi connectivity index (χ3v) is 4.91. The number of carbonyl (C=O) groups is 3. The fourth-order valence-electron chi connectivity index (χ4n) is 2.30. The summed E-state index contributed by atoms with van der Waals surface area (Å²) >= 11 is 1.31. The van der Waals surface area contributed by atoms with Crippen molar-refractivity contribution in [1.29, 1.82) is 0 Å². The number of rotatable bonds is 8. The summed E-state index contributed by atoms with van der Waals surface area (Å²) in [4.78, 5) is 37.0. The van der Waals surface area contributed by atoms with Crippen LogP contribution in [0.1, 0.15) is 40.2 Å². The number of hydrogen-bond donors (Lipinski definition) is 1. The number of thiophene rings is 1. The molecule has 0 aliphatic heterocycles. The largest absolute Gasteiger partial charge is 0.462 e. The molecule has 2 aromatic rings. The Morgan fingerprint density at radius 2 is 1.78 bits per heavy atom. The summed E-state index contributed by atoms with van der Waals surface area (Å²) in [5, 5.41) is 3.04. The van der Waals surface area contributed by atoms with Crippen LogP contribution in [0.2, 0.25) is 0 Å². The van der Waals surface area contributed by atoms with Gasteiger partial charge in [0.05, 0.1) is 18.6 Å². The van der Waals surface area contributed by atoms with Crippen LogP contribution in [-0.2, 0) is 31.9 Å². The summed E-state index contributed by atoms with van der Waals surface area (Å²) < 4.78 is 10.0. The molecule has 2 rings (SSSR count). The van der Waals surface area contributed by atoms with E-state index in [9.17, 15) is 14.4 Å². The lowest BCUT2D eigenvalue weighted by molar-refractivity contribution is -0.146. The number of benzene rings is 1. The molecular formula is C20H23NO5S. The summed E-state index contributed by atoms with van der Waals surface area (Å²) in [7, 11) is 0. The van der Waals surface area contributed by atoms with Gasteiger partial charge < -0.3 is 14.8 Å². The zero-order chi connectivity index (χ0) is 19.8. The van der Waals surface area contributed by atoms with Gasteiger partial charge in [0.2, 0.25) is 0 Å². The van der Waals surface area contributed by atoms with Crippen LogP contribution >= 0.6 is 11.3 Å². The van der Waals surface area contributed by atoms with E-state index in [1.54, 1.807) is 13.0 Å². The Balaban J connectivity index is 1.91. The highest BCUT2D eigenvalue weighted by atomic mass is 32.1. The molecule has 0 radical (unpaired) electrons. The van der Waals surface area contributed by atoms with E-state index in [0.717, 1.165) is 22.4 Å². The van der Waals surface area contributed by atoms with Crippen LogP contribution in [0.5, 0.6) is 0 Å². The third-order valence-electron chi connectivity index (χ3n) is 3.71. The number of aryl methyl sites for hydroxylation is 2. The monoisotopic (exact) mass is 389 g/mol. The summed E-state index contributed by atoms with van der Waals surface area (Å²) in [5.74, 6) is -1.47. The fraction of sp³-hybridized carbons (Fsp3) is 0.350.